The fraction of sp³-hybridized carbons (Fsp3) is 0.421. The number of benzene rings is 1. The maximum atomic E-state index is 12.2. The molecule has 1 aliphatic heterocycles. The first-order valence-corrected chi connectivity index (χ1v) is 8.79. The van der Waals surface area contributed by atoms with Crippen LogP contribution >= 0.6 is 11.6 Å². The Bertz CT molecular complexity index is 779. The molecule has 1 aromatic carbocycles. The first-order valence-electron chi connectivity index (χ1n) is 8.41. The van der Waals surface area contributed by atoms with Crippen LogP contribution in [0, 0.1) is 13.8 Å². The zero-order valence-electron chi connectivity index (χ0n) is 14.3. The molecular weight excluding hydrogens is 322 g/mol. The summed E-state index contributed by atoms with van der Waals surface area (Å²) in [6.07, 6.45) is 1.86. The minimum atomic E-state index is 0.0285. The molecule has 4 nitrogen and oxygen atoms in total. The van der Waals surface area contributed by atoms with E-state index in [1.54, 1.807) is 10.6 Å². The highest BCUT2D eigenvalue weighted by Gasteiger charge is 2.15. The van der Waals surface area contributed by atoms with Crippen molar-refractivity contribution in [1.29, 1.82) is 0 Å². The molecule has 0 atom stereocenters. The Labute approximate surface area is 148 Å². The zero-order valence-corrected chi connectivity index (χ0v) is 15.1. The molecule has 24 heavy (non-hydrogen) atoms. The summed E-state index contributed by atoms with van der Waals surface area (Å²) in [6, 6.07) is 7.65. The van der Waals surface area contributed by atoms with Crippen LogP contribution in [-0.4, -0.2) is 35.6 Å². The van der Waals surface area contributed by atoms with E-state index in [0.29, 0.717) is 6.54 Å². The van der Waals surface area contributed by atoms with Crippen molar-refractivity contribution < 1.29 is 0 Å². The van der Waals surface area contributed by atoms with E-state index < -0.39 is 0 Å². The van der Waals surface area contributed by atoms with Crippen molar-refractivity contribution in [1.82, 2.24) is 14.8 Å². The Morgan fingerprint density at radius 1 is 1.12 bits per heavy atom. The van der Waals surface area contributed by atoms with E-state index in [9.17, 15) is 4.79 Å². The van der Waals surface area contributed by atoms with Gasteiger partial charge in [0, 0.05) is 50.0 Å². The van der Waals surface area contributed by atoms with Crippen LogP contribution in [0.2, 0.25) is 5.02 Å². The highest BCUT2D eigenvalue weighted by molar-refractivity contribution is 6.30. The van der Waals surface area contributed by atoms with Gasteiger partial charge in [-0.1, -0.05) is 11.6 Å². The molecule has 0 spiro atoms. The number of aromatic nitrogens is 1. The molecule has 1 aromatic heterocycles. The molecule has 1 aliphatic rings. The molecule has 0 amide bonds. The van der Waals surface area contributed by atoms with Gasteiger partial charge in [-0.2, -0.15) is 0 Å². The lowest BCUT2D eigenvalue weighted by Gasteiger charge is -2.29. The topological polar surface area (TPSA) is 37.3 Å². The third-order valence-electron chi connectivity index (χ3n) is 4.61. The summed E-state index contributed by atoms with van der Waals surface area (Å²) >= 11 is 6.29. The number of pyridine rings is 1. The predicted octanol–water partition coefficient (Wildman–Crippen LogP) is 2.57. The smallest absolute Gasteiger partial charge is 0.251 e. The van der Waals surface area contributed by atoms with Crippen LogP contribution in [0.25, 0.3) is 0 Å². The highest BCUT2D eigenvalue weighted by Crippen LogP contribution is 2.23. The van der Waals surface area contributed by atoms with Crippen molar-refractivity contribution in [2.75, 3.05) is 26.2 Å². The number of piperazine rings is 1. The first-order chi connectivity index (χ1) is 11.5. The van der Waals surface area contributed by atoms with Gasteiger partial charge in [-0.3, -0.25) is 9.69 Å². The molecular formula is C19H24ClN3O. The van der Waals surface area contributed by atoms with Crippen molar-refractivity contribution in [2.24, 2.45) is 0 Å². The second-order valence-corrected chi connectivity index (χ2v) is 6.99. The maximum absolute atomic E-state index is 12.2. The van der Waals surface area contributed by atoms with E-state index in [1.165, 1.54) is 11.1 Å². The summed E-state index contributed by atoms with van der Waals surface area (Å²) < 4.78 is 1.75. The lowest BCUT2D eigenvalue weighted by molar-refractivity contribution is 0.232. The summed E-state index contributed by atoms with van der Waals surface area (Å²) in [6.45, 7) is 9.65. The van der Waals surface area contributed by atoms with Crippen molar-refractivity contribution in [3.63, 3.8) is 0 Å². The van der Waals surface area contributed by atoms with Crippen molar-refractivity contribution in [3.05, 3.63) is 68.1 Å². The van der Waals surface area contributed by atoms with Crippen molar-refractivity contribution >= 4 is 11.6 Å². The van der Waals surface area contributed by atoms with Gasteiger partial charge < -0.3 is 9.88 Å². The SMILES string of the molecule is Cc1ccn(Cc2cc(Cl)cc(C)c2CN2CCNCC2)c(=O)c1. The third-order valence-corrected chi connectivity index (χ3v) is 4.83. The molecule has 0 aliphatic carbocycles. The zero-order chi connectivity index (χ0) is 17.1. The van der Waals surface area contributed by atoms with Gasteiger partial charge in [-0.05, 0) is 54.3 Å². The Morgan fingerprint density at radius 2 is 1.88 bits per heavy atom. The number of aryl methyl sites for hydroxylation is 2. The molecule has 0 unspecified atom stereocenters. The maximum Gasteiger partial charge on any atom is 0.251 e. The molecule has 0 saturated carbocycles. The van der Waals surface area contributed by atoms with E-state index in [4.69, 9.17) is 11.6 Å². The second kappa shape index (κ2) is 7.51. The molecule has 1 fully saturated rings. The summed E-state index contributed by atoms with van der Waals surface area (Å²) in [5.41, 5.74) is 4.62. The number of halogens is 1. The van der Waals surface area contributed by atoms with Crippen LogP contribution in [0.3, 0.4) is 0 Å². The number of hydrogen-bond acceptors (Lipinski definition) is 3. The monoisotopic (exact) mass is 345 g/mol. The Kier molecular flexibility index (Phi) is 5.39. The lowest BCUT2D eigenvalue weighted by Crippen LogP contribution is -2.43. The van der Waals surface area contributed by atoms with Crippen LogP contribution in [-0.2, 0) is 13.1 Å². The Balaban J connectivity index is 1.91. The molecule has 5 heteroatoms. The summed E-state index contributed by atoms with van der Waals surface area (Å²) in [5.74, 6) is 0. The van der Waals surface area contributed by atoms with Crippen LogP contribution in [0.15, 0.2) is 35.3 Å². The fourth-order valence-electron chi connectivity index (χ4n) is 3.22. The number of nitrogens with zero attached hydrogens (tertiary/aromatic N) is 2. The lowest BCUT2D eigenvalue weighted by atomic mass is 10.0. The molecule has 1 saturated heterocycles. The molecule has 2 aromatic rings. The Morgan fingerprint density at radius 3 is 2.58 bits per heavy atom. The standard InChI is InChI=1S/C19H24ClN3O/c1-14-3-6-23(19(24)9-14)12-16-11-17(20)10-15(2)18(16)13-22-7-4-21-5-8-22/h3,6,9-11,21H,4-5,7-8,12-13H2,1-2H3. The quantitative estimate of drug-likeness (QED) is 0.925. The molecule has 0 bridgehead atoms. The number of rotatable bonds is 4. The Hall–Kier alpha value is -1.62. The highest BCUT2D eigenvalue weighted by atomic mass is 35.5. The minimum Gasteiger partial charge on any atom is -0.314 e. The van der Waals surface area contributed by atoms with Crippen LogP contribution in [0.4, 0.5) is 0 Å². The van der Waals surface area contributed by atoms with Crippen LogP contribution in [0.5, 0.6) is 0 Å². The van der Waals surface area contributed by atoms with Gasteiger partial charge in [0.05, 0.1) is 6.54 Å². The molecule has 2 heterocycles. The van der Waals surface area contributed by atoms with Gasteiger partial charge in [-0.25, -0.2) is 0 Å². The first kappa shape index (κ1) is 17.2. The van der Waals surface area contributed by atoms with E-state index in [1.807, 2.05) is 31.3 Å². The van der Waals surface area contributed by atoms with Gasteiger partial charge in [0.1, 0.15) is 0 Å². The second-order valence-electron chi connectivity index (χ2n) is 6.56. The van der Waals surface area contributed by atoms with Gasteiger partial charge in [0.15, 0.2) is 0 Å². The van der Waals surface area contributed by atoms with Crippen molar-refractivity contribution in [2.45, 2.75) is 26.9 Å². The third kappa shape index (κ3) is 4.07. The normalized spacial score (nSPS) is 15.6. The largest absolute Gasteiger partial charge is 0.314 e. The fourth-order valence-corrected chi connectivity index (χ4v) is 3.52. The summed E-state index contributed by atoms with van der Waals surface area (Å²) in [7, 11) is 0. The average molecular weight is 346 g/mol. The van der Waals surface area contributed by atoms with Crippen LogP contribution in [0.1, 0.15) is 22.3 Å². The summed E-state index contributed by atoms with van der Waals surface area (Å²) in [4.78, 5) is 14.7. The molecule has 3 rings (SSSR count). The number of nitrogens with one attached hydrogen (secondary N) is 1. The molecule has 128 valence electrons. The van der Waals surface area contributed by atoms with Crippen LogP contribution < -0.4 is 10.9 Å². The van der Waals surface area contributed by atoms with Gasteiger partial charge in [0.2, 0.25) is 0 Å². The average Bonchev–Trinajstić information content (AvgIpc) is 2.54. The van der Waals surface area contributed by atoms with Gasteiger partial charge in [0.25, 0.3) is 5.56 Å². The van der Waals surface area contributed by atoms with Crippen molar-refractivity contribution in [3.8, 4) is 0 Å². The molecule has 1 N–H and O–H groups in total. The molecule has 0 radical (unpaired) electrons. The number of hydrogen-bond donors (Lipinski definition) is 1. The van der Waals surface area contributed by atoms with E-state index in [0.717, 1.165) is 48.9 Å². The minimum absolute atomic E-state index is 0.0285. The summed E-state index contributed by atoms with van der Waals surface area (Å²) in [5, 5.41) is 4.11. The van der Waals surface area contributed by atoms with Gasteiger partial charge in [-0.15, -0.1) is 0 Å². The van der Waals surface area contributed by atoms with E-state index in [2.05, 4.69) is 17.1 Å². The van der Waals surface area contributed by atoms with E-state index >= 15 is 0 Å². The van der Waals surface area contributed by atoms with Gasteiger partial charge >= 0.3 is 0 Å². The predicted molar refractivity (Wildman–Crippen MR) is 98.9 cm³/mol. The van der Waals surface area contributed by atoms with E-state index in [-0.39, 0.29) is 5.56 Å².